The maximum absolute atomic E-state index is 12.2. The van der Waals surface area contributed by atoms with E-state index in [4.69, 9.17) is 4.74 Å². The zero-order chi connectivity index (χ0) is 18.7. The average Bonchev–Trinajstić information content (AvgIpc) is 2.55. The summed E-state index contributed by atoms with van der Waals surface area (Å²) in [5.41, 5.74) is 0.454. The number of amides is 1. The maximum Gasteiger partial charge on any atom is 0.408 e. The van der Waals surface area contributed by atoms with Crippen LogP contribution >= 0.6 is 24.0 Å². The first-order valence-corrected chi connectivity index (χ1v) is 8.92. The van der Waals surface area contributed by atoms with Crippen LogP contribution in [0, 0.1) is 0 Å². The molecule has 1 atom stereocenters. The highest BCUT2D eigenvalue weighted by molar-refractivity contribution is 14.0. The molecule has 0 saturated heterocycles. The summed E-state index contributed by atoms with van der Waals surface area (Å²) in [6.07, 6.45) is 0.575. The molecule has 0 spiro atoms. The normalized spacial score (nSPS) is 12.6. The van der Waals surface area contributed by atoms with E-state index < -0.39 is 11.7 Å². The van der Waals surface area contributed by atoms with Gasteiger partial charge in [0.2, 0.25) is 0 Å². The second-order valence-electron chi connectivity index (χ2n) is 6.76. The number of alkyl carbamates (subject to hydrolysis) is 1. The third-order valence-corrected chi connectivity index (χ3v) is 3.21. The Balaban J connectivity index is 0.00000625. The number of hydrogen-bond acceptors (Lipinski definition) is 3. The lowest BCUT2D eigenvalue weighted by Gasteiger charge is -2.23. The third-order valence-electron chi connectivity index (χ3n) is 3.21. The molecule has 1 rings (SSSR count). The molecular formula is C19H33IN4O2. The van der Waals surface area contributed by atoms with Crippen LogP contribution in [0.2, 0.25) is 0 Å². The number of carbonyl (C=O) groups is 1. The van der Waals surface area contributed by atoms with Crippen molar-refractivity contribution >= 4 is 36.0 Å². The molecule has 0 bridgehead atoms. The number of benzene rings is 1. The fourth-order valence-corrected chi connectivity index (χ4v) is 2.14. The molecule has 1 aromatic carbocycles. The van der Waals surface area contributed by atoms with Gasteiger partial charge in [-0.15, -0.1) is 24.0 Å². The van der Waals surface area contributed by atoms with E-state index in [1.54, 1.807) is 0 Å². The lowest BCUT2D eigenvalue weighted by Crippen LogP contribution is -2.39. The standard InChI is InChI=1S/C19H32N4O2.HI/c1-6-13-21-17(20-7-2)22-14-16(15-11-9-8-10-12-15)23-18(24)25-19(3,4)5;/h8-12,16H,6-7,13-14H2,1-5H3,(H,23,24)(H2,20,21,22);1H. The van der Waals surface area contributed by atoms with Gasteiger partial charge >= 0.3 is 6.09 Å². The number of halogens is 1. The Morgan fingerprint density at radius 2 is 1.81 bits per heavy atom. The zero-order valence-corrected chi connectivity index (χ0v) is 18.8. The Bertz CT molecular complexity index is 544. The number of hydrogen-bond donors (Lipinski definition) is 3. The van der Waals surface area contributed by atoms with Gasteiger partial charge in [0.1, 0.15) is 5.60 Å². The number of carbonyl (C=O) groups excluding carboxylic acids is 1. The molecule has 1 unspecified atom stereocenters. The van der Waals surface area contributed by atoms with Gasteiger partial charge in [0.25, 0.3) is 0 Å². The highest BCUT2D eigenvalue weighted by Crippen LogP contribution is 2.15. The number of rotatable bonds is 7. The van der Waals surface area contributed by atoms with E-state index >= 15 is 0 Å². The maximum atomic E-state index is 12.2. The number of nitrogens with one attached hydrogen (secondary N) is 3. The van der Waals surface area contributed by atoms with E-state index in [1.807, 2.05) is 58.0 Å². The SMILES string of the molecule is CCCNC(=NCC(NC(=O)OC(C)(C)C)c1ccccc1)NCC.I. The quantitative estimate of drug-likeness (QED) is 0.318. The zero-order valence-electron chi connectivity index (χ0n) is 16.5. The number of nitrogens with zero attached hydrogens (tertiary/aromatic N) is 1. The first-order chi connectivity index (χ1) is 11.9. The summed E-state index contributed by atoms with van der Waals surface area (Å²) in [6.45, 7) is 11.7. The van der Waals surface area contributed by atoms with Gasteiger partial charge in [0.05, 0.1) is 12.6 Å². The van der Waals surface area contributed by atoms with E-state index in [2.05, 4.69) is 27.9 Å². The lowest BCUT2D eigenvalue weighted by atomic mass is 10.1. The molecule has 3 N–H and O–H groups in total. The minimum atomic E-state index is -0.536. The summed E-state index contributed by atoms with van der Waals surface area (Å²) in [7, 11) is 0. The average molecular weight is 476 g/mol. The molecule has 0 aliphatic carbocycles. The summed E-state index contributed by atoms with van der Waals surface area (Å²) in [5, 5.41) is 9.39. The van der Waals surface area contributed by atoms with Crippen LogP contribution in [0.15, 0.2) is 35.3 Å². The Morgan fingerprint density at radius 3 is 2.35 bits per heavy atom. The van der Waals surface area contributed by atoms with E-state index in [9.17, 15) is 4.79 Å². The van der Waals surface area contributed by atoms with Gasteiger partial charge in [0.15, 0.2) is 5.96 Å². The fourth-order valence-electron chi connectivity index (χ4n) is 2.14. The van der Waals surface area contributed by atoms with Crippen molar-refractivity contribution in [3.63, 3.8) is 0 Å². The molecule has 1 amide bonds. The minimum absolute atomic E-state index is 0. The van der Waals surface area contributed by atoms with Crippen LogP contribution < -0.4 is 16.0 Å². The predicted octanol–water partition coefficient (Wildman–Crippen LogP) is 3.84. The van der Waals surface area contributed by atoms with Gasteiger partial charge < -0.3 is 20.7 Å². The minimum Gasteiger partial charge on any atom is -0.444 e. The van der Waals surface area contributed by atoms with E-state index in [0.717, 1.165) is 31.0 Å². The van der Waals surface area contributed by atoms with E-state index in [1.165, 1.54) is 0 Å². The summed E-state index contributed by atoms with van der Waals surface area (Å²) in [6, 6.07) is 9.54. The summed E-state index contributed by atoms with van der Waals surface area (Å²) >= 11 is 0. The highest BCUT2D eigenvalue weighted by atomic mass is 127. The monoisotopic (exact) mass is 476 g/mol. The predicted molar refractivity (Wildman–Crippen MR) is 118 cm³/mol. The number of guanidine groups is 1. The van der Waals surface area contributed by atoms with E-state index in [-0.39, 0.29) is 30.0 Å². The van der Waals surface area contributed by atoms with Crippen LogP contribution in [0.1, 0.15) is 52.6 Å². The smallest absolute Gasteiger partial charge is 0.408 e. The van der Waals surface area contributed by atoms with Gasteiger partial charge in [-0.2, -0.15) is 0 Å². The van der Waals surface area contributed by atoms with Crippen LogP contribution in [0.25, 0.3) is 0 Å². The third kappa shape index (κ3) is 10.5. The second kappa shape index (κ2) is 12.8. The Labute approximate surface area is 174 Å². The number of aliphatic imine (C=N–C) groups is 1. The molecule has 0 aromatic heterocycles. The van der Waals surface area contributed by atoms with Crippen LogP contribution in [0.5, 0.6) is 0 Å². The van der Waals surface area contributed by atoms with Gasteiger partial charge in [0, 0.05) is 13.1 Å². The van der Waals surface area contributed by atoms with Crippen molar-refractivity contribution < 1.29 is 9.53 Å². The van der Waals surface area contributed by atoms with Crippen LogP contribution in [-0.4, -0.2) is 37.3 Å². The van der Waals surface area contributed by atoms with Crippen molar-refractivity contribution in [2.75, 3.05) is 19.6 Å². The van der Waals surface area contributed by atoms with Crippen molar-refractivity contribution in [2.45, 2.75) is 52.7 Å². The lowest BCUT2D eigenvalue weighted by molar-refractivity contribution is 0.0505. The van der Waals surface area contributed by atoms with Crippen molar-refractivity contribution in [2.24, 2.45) is 4.99 Å². The molecule has 6 nitrogen and oxygen atoms in total. The molecule has 7 heteroatoms. The molecule has 0 saturated carbocycles. The van der Waals surface area contributed by atoms with Crippen molar-refractivity contribution in [3.05, 3.63) is 35.9 Å². The van der Waals surface area contributed by atoms with Gasteiger partial charge in [-0.05, 0) is 39.7 Å². The van der Waals surface area contributed by atoms with Crippen LogP contribution in [-0.2, 0) is 4.74 Å². The summed E-state index contributed by atoms with van der Waals surface area (Å²) in [4.78, 5) is 16.8. The summed E-state index contributed by atoms with van der Waals surface area (Å²) in [5.74, 6) is 0.747. The van der Waals surface area contributed by atoms with Crippen LogP contribution in [0.3, 0.4) is 0 Å². The Kier molecular flexibility index (Phi) is 12.0. The van der Waals surface area contributed by atoms with E-state index in [0.29, 0.717) is 6.54 Å². The molecule has 0 radical (unpaired) electrons. The van der Waals surface area contributed by atoms with Crippen LogP contribution in [0.4, 0.5) is 4.79 Å². The number of ether oxygens (including phenoxy) is 1. The largest absolute Gasteiger partial charge is 0.444 e. The van der Waals surface area contributed by atoms with Gasteiger partial charge in [-0.25, -0.2) is 4.79 Å². The van der Waals surface area contributed by atoms with Gasteiger partial charge in [-0.1, -0.05) is 37.3 Å². The summed E-state index contributed by atoms with van der Waals surface area (Å²) < 4.78 is 5.38. The topological polar surface area (TPSA) is 74.8 Å². The fraction of sp³-hybridized carbons (Fsp3) is 0.579. The molecule has 0 aliphatic rings. The first kappa shape index (κ1) is 24.5. The highest BCUT2D eigenvalue weighted by Gasteiger charge is 2.20. The molecule has 0 aliphatic heterocycles. The first-order valence-electron chi connectivity index (χ1n) is 8.92. The molecule has 26 heavy (non-hydrogen) atoms. The second-order valence-corrected chi connectivity index (χ2v) is 6.76. The molecule has 1 aromatic rings. The Hall–Kier alpha value is -1.51. The molecular weight excluding hydrogens is 443 g/mol. The Morgan fingerprint density at radius 1 is 1.15 bits per heavy atom. The molecule has 0 heterocycles. The van der Waals surface area contributed by atoms with Crippen molar-refractivity contribution in [1.29, 1.82) is 0 Å². The van der Waals surface area contributed by atoms with Crippen molar-refractivity contribution in [1.82, 2.24) is 16.0 Å². The molecule has 148 valence electrons. The van der Waals surface area contributed by atoms with Gasteiger partial charge in [-0.3, -0.25) is 4.99 Å². The molecule has 0 fully saturated rings. The van der Waals surface area contributed by atoms with Crippen molar-refractivity contribution in [3.8, 4) is 0 Å².